The molecule has 0 radical (unpaired) electrons. The van der Waals surface area contributed by atoms with Gasteiger partial charge in [-0.05, 0) is 62.1 Å². The number of aldehydes is 1. The van der Waals surface area contributed by atoms with Gasteiger partial charge in [0.25, 0.3) is 0 Å². The number of benzene rings is 2. The Morgan fingerprint density at radius 3 is 2.41 bits per heavy atom. The first-order chi connectivity index (χ1) is 18.2. The Kier molecular flexibility index (Phi) is 6.55. The minimum absolute atomic E-state index is 0.170. The van der Waals surface area contributed by atoms with E-state index < -0.39 is 0 Å². The highest BCUT2D eigenvalue weighted by Gasteiger charge is 2.31. The normalized spacial score (nSPS) is 19.7. The van der Waals surface area contributed by atoms with Crippen LogP contribution in [0.5, 0.6) is 11.5 Å². The van der Waals surface area contributed by atoms with Crippen molar-refractivity contribution in [3.05, 3.63) is 60.9 Å². The fraction of sp³-hybridized carbons (Fsp3) is 0.357. The van der Waals surface area contributed by atoms with Crippen molar-refractivity contribution in [3.8, 4) is 22.8 Å². The third-order valence-electron chi connectivity index (χ3n) is 7.45. The maximum absolute atomic E-state index is 11.2. The predicted molar refractivity (Wildman–Crippen MR) is 142 cm³/mol. The summed E-state index contributed by atoms with van der Waals surface area (Å²) in [4.78, 5) is 20.1. The lowest BCUT2D eigenvalue weighted by atomic mass is 9.99. The van der Waals surface area contributed by atoms with Crippen LogP contribution in [0.3, 0.4) is 0 Å². The number of rotatable bonds is 6. The van der Waals surface area contributed by atoms with Gasteiger partial charge in [-0.15, -0.1) is 0 Å². The molecular formula is C28H31N7O2. The van der Waals surface area contributed by atoms with Crippen LogP contribution >= 0.6 is 0 Å². The van der Waals surface area contributed by atoms with E-state index in [1.165, 1.54) is 6.33 Å². The van der Waals surface area contributed by atoms with Crippen molar-refractivity contribution < 1.29 is 9.53 Å². The zero-order valence-corrected chi connectivity index (χ0v) is 20.7. The number of carbonyl (C=O) groups is 1. The van der Waals surface area contributed by atoms with Gasteiger partial charge >= 0.3 is 0 Å². The van der Waals surface area contributed by atoms with Crippen molar-refractivity contribution in [2.24, 2.45) is 5.92 Å². The molecule has 0 spiro atoms. The first-order valence-corrected chi connectivity index (χ1v) is 13.0. The van der Waals surface area contributed by atoms with Crippen LogP contribution in [0, 0.1) is 5.92 Å². The molecule has 2 aromatic carbocycles. The van der Waals surface area contributed by atoms with E-state index >= 15 is 0 Å². The number of nitrogen functional groups attached to an aromatic ring is 1. The number of hydrazine groups is 1. The molecule has 0 aliphatic carbocycles. The van der Waals surface area contributed by atoms with E-state index in [4.69, 9.17) is 15.6 Å². The number of para-hydroxylation sites is 1. The second kappa shape index (κ2) is 10.3. The number of nitrogens with two attached hydrogens (primary N) is 1. The van der Waals surface area contributed by atoms with Crippen molar-refractivity contribution in [2.75, 3.05) is 31.9 Å². The van der Waals surface area contributed by atoms with Crippen LogP contribution in [0.4, 0.5) is 5.82 Å². The molecule has 1 atom stereocenters. The second-order valence-electron chi connectivity index (χ2n) is 9.83. The van der Waals surface area contributed by atoms with Gasteiger partial charge in [-0.3, -0.25) is 0 Å². The smallest absolute Gasteiger partial charge is 0.164 e. The number of aromatic nitrogens is 4. The lowest BCUT2D eigenvalue weighted by Gasteiger charge is -2.43. The summed E-state index contributed by atoms with van der Waals surface area (Å²) in [6, 6.07) is 17.8. The number of hydrogen-bond acceptors (Lipinski definition) is 8. The van der Waals surface area contributed by atoms with Gasteiger partial charge in [0.1, 0.15) is 35.6 Å². The minimum atomic E-state index is 0.170. The Bertz CT molecular complexity index is 1360. The Labute approximate surface area is 215 Å². The Balaban J connectivity index is 1.27. The van der Waals surface area contributed by atoms with Crippen LogP contribution in [0.25, 0.3) is 22.3 Å². The van der Waals surface area contributed by atoms with Crippen molar-refractivity contribution in [1.82, 2.24) is 29.8 Å². The average molecular weight is 498 g/mol. The summed E-state index contributed by atoms with van der Waals surface area (Å²) in [5.74, 6) is 2.17. The van der Waals surface area contributed by atoms with Crippen LogP contribution in [-0.2, 0) is 4.79 Å². The summed E-state index contributed by atoms with van der Waals surface area (Å²) in [5.41, 5.74) is 8.85. The van der Waals surface area contributed by atoms with Gasteiger partial charge in [-0.1, -0.05) is 18.2 Å². The van der Waals surface area contributed by atoms with Crippen LogP contribution in [0.15, 0.2) is 60.9 Å². The van der Waals surface area contributed by atoms with E-state index in [1.807, 2.05) is 59.3 Å². The van der Waals surface area contributed by atoms with Crippen molar-refractivity contribution in [3.63, 3.8) is 0 Å². The third-order valence-corrected chi connectivity index (χ3v) is 7.45. The highest BCUT2D eigenvalue weighted by Crippen LogP contribution is 2.35. The molecule has 0 bridgehead atoms. The Hall–Kier alpha value is -3.82. The fourth-order valence-electron chi connectivity index (χ4n) is 5.45. The lowest BCUT2D eigenvalue weighted by molar-refractivity contribution is -0.116. The van der Waals surface area contributed by atoms with Gasteiger partial charge in [0.05, 0.1) is 11.4 Å². The molecule has 2 aromatic heterocycles. The Morgan fingerprint density at radius 2 is 1.65 bits per heavy atom. The number of ether oxygens (including phenoxy) is 1. The summed E-state index contributed by atoms with van der Waals surface area (Å²) in [6.07, 6.45) is 6.56. The lowest BCUT2D eigenvalue weighted by Crippen LogP contribution is -2.51. The number of carbonyl (C=O) groups excluding carboxylic acids is 1. The molecule has 2 aliphatic rings. The van der Waals surface area contributed by atoms with E-state index in [9.17, 15) is 4.79 Å². The quantitative estimate of drug-likeness (QED) is 0.393. The standard InChI is InChI=1S/C28H31N7O2/c29-27-25-26(21-8-10-24(11-9-21)37-23-6-2-1-3-7-23)32-35(28(25)31-19-30-27)22-5-4-14-34(17-22)33-15-12-20(18-36)13-16-33/h1-3,6-11,18-20,22H,4-5,12-17H2,(H2,29,30,31)/t22-/m1/s1. The number of anilines is 1. The topological polar surface area (TPSA) is 102 Å². The predicted octanol–water partition coefficient (Wildman–Crippen LogP) is 4.33. The van der Waals surface area contributed by atoms with Crippen LogP contribution < -0.4 is 10.5 Å². The number of piperidine rings is 2. The van der Waals surface area contributed by atoms with Crippen LogP contribution in [0.1, 0.15) is 31.7 Å². The molecule has 2 N–H and O–H groups in total. The van der Waals surface area contributed by atoms with Gasteiger partial charge in [0.15, 0.2) is 5.65 Å². The van der Waals surface area contributed by atoms with Gasteiger partial charge in [0, 0.05) is 37.7 Å². The van der Waals surface area contributed by atoms with E-state index in [2.05, 4.69) is 20.0 Å². The first-order valence-electron chi connectivity index (χ1n) is 13.0. The third kappa shape index (κ3) is 4.80. The molecule has 2 fully saturated rings. The van der Waals surface area contributed by atoms with Gasteiger partial charge in [0.2, 0.25) is 0 Å². The van der Waals surface area contributed by atoms with E-state index in [1.54, 1.807) is 0 Å². The van der Waals surface area contributed by atoms with Crippen molar-refractivity contribution >= 4 is 23.1 Å². The molecule has 4 aromatic rings. The van der Waals surface area contributed by atoms with E-state index in [-0.39, 0.29) is 12.0 Å². The van der Waals surface area contributed by atoms with Crippen LogP contribution in [0.2, 0.25) is 0 Å². The molecule has 2 aliphatic heterocycles. The maximum Gasteiger partial charge on any atom is 0.164 e. The molecule has 9 heteroatoms. The molecule has 6 rings (SSSR count). The molecule has 37 heavy (non-hydrogen) atoms. The molecule has 4 heterocycles. The van der Waals surface area contributed by atoms with Crippen molar-refractivity contribution in [2.45, 2.75) is 31.7 Å². The van der Waals surface area contributed by atoms with Gasteiger partial charge in [-0.25, -0.2) is 24.7 Å². The molecule has 2 saturated heterocycles. The minimum Gasteiger partial charge on any atom is -0.457 e. The molecule has 190 valence electrons. The number of nitrogens with zero attached hydrogens (tertiary/aromatic N) is 6. The number of hydrogen-bond donors (Lipinski definition) is 1. The molecule has 0 saturated carbocycles. The highest BCUT2D eigenvalue weighted by atomic mass is 16.5. The van der Waals surface area contributed by atoms with Crippen molar-refractivity contribution in [1.29, 1.82) is 0 Å². The molecule has 0 unspecified atom stereocenters. The summed E-state index contributed by atoms with van der Waals surface area (Å²) < 4.78 is 8.00. The summed E-state index contributed by atoms with van der Waals surface area (Å²) >= 11 is 0. The van der Waals surface area contributed by atoms with Gasteiger partial charge < -0.3 is 15.3 Å². The zero-order valence-electron chi connectivity index (χ0n) is 20.7. The fourth-order valence-corrected chi connectivity index (χ4v) is 5.45. The zero-order chi connectivity index (χ0) is 25.2. The number of fused-ring (bicyclic) bond motifs is 1. The van der Waals surface area contributed by atoms with E-state index in [0.717, 1.165) is 91.9 Å². The highest BCUT2D eigenvalue weighted by molar-refractivity contribution is 5.98. The van der Waals surface area contributed by atoms with Gasteiger partial charge in [-0.2, -0.15) is 5.10 Å². The SMILES string of the molecule is Nc1ncnc2c1c(-c1ccc(Oc3ccccc3)cc1)nn2[C@@H]1CCCN(N2CCC(C=O)CC2)C1. The molecule has 9 nitrogen and oxygen atoms in total. The largest absolute Gasteiger partial charge is 0.457 e. The summed E-state index contributed by atoms with van der Waals surface area (Å²) in [6.45, 7) is 3.73. The summed E-state index contributed by atoms with van der Waals surface area (Å²) in [7, 11) is 0. The molecule has 0 amide bonds. The monoisotopic (exact) mass is 497 g/mol. The first kappa shape index (κ1) is 23.6. The Morgan fingerprint density at radius 1 is 0.892 bits per heavy atom. The van der Waals surface area contributed by atoms with E-state index in [0.29, 0.717) is 5.82 Å². The summed E-state index contributed by atoms with van der Waals surface area (Å²) in [5, 5.41) is 10.7. The second-order valence-corrected chi connectivity index (χ2v) is 9.83. The molecular weight excluding hydrogens is 466 g/mol. The van der Waals surface area contributed by atoms with Crippen LogP contribution in [-0.4, -0.2) is 62.2 Å². The maximum atomic E-state index is 11.2. The average Bonchev–Trinajstić information content (AvgIpc) is 3.35.